The minimum Gasteiger partial charge on any atom is -0.388 e. The van der Waals surface area contributed by atoms with Gasteiger partial charge in [0.2, 0.25) is 0 Å². The molecule has 1 aromatic heterocycles. The van der Waals surface area contributed by atoms with Crippen molar-refractivity contribution in [2.75, 3.05) is 6.54 Å². The quantitative estimate of drug-likeness (QED) is 0.910. The molecule has 0 bridgehead atoms. The predicted molar refractivity (Wildman–Crippen MR) is 82.0 cm³/mol. The van der Waals surface area contributed by atoms with Gasteiger partial charge in [-0.1, -0.05) is 24.1 Å². The zero-order valence-corrected chi connectivity index (χ0v) is 12.1. The molecule has 2 N–H and O–H groups in total. The highest BCUT2D eigenvalue weighted by Gasteiger charge is 2.19. The molecule has 0 saturated carbocycles. The Morgan fingerprint density at radius 2 is 2.25 bits per heavy atom. The number of pyridine rings is 1. The van der Waals surface area contributed by atoms with E-state index in [0.717, 1.165) is 35.9 Å². The number of fused-ring (bicyclic) bond motifs is 1. The van der Waals surface area contributed by atoms with Crippen molar-refractivity contribution in [2.45, 2.75) is 37.8 Å². The lowest BCUT2D eigenvalue weighted by atomic mass is 9.94. The third-order valence-corrected chi connectivity index (χ3v) is 4.25. The lowest BCUT2D eigenvalue weighted by Crippen LogP contribution is -2.35. The smallest absolute Gasteiger partial charge is 0.0812 e. The largest absolute Gasteiger partial charge is 0.388 e. The molecule has 2 aromatic rings. The number of rotatable bonds is 3. The van der Waals surface area contributed by atoms with Crippen LogP contribution in [0.1, 0.15) is 37.4 Å². The van der Waals surface area contributed by atoms with Gasteiger partial charge in [-0.05, 0) is 49.6 Å². The molecule has 1 aliphatic rings. The summed E-state index contributed by atoms with van der Waals surface area (Å²) in [5.41, 5.74) is 1.78. The molecule has 1 aromatic carbocycles. The number of hydrogen-bond donors (Lipinski definition) is 2. The summed E-state index contributed by atoms with van der Waals surface area (Å²) in [6.45, 7) is 1.06. The van der Waals surface area contributed by atoms with Crippen molar-refractivity contribution in [1.29, 1.82) is 0 Å². The third-order valence-electron chi connectivity index (χ3n) is 4.02. The topological polar surface area (TPSA) is 45.1 Å². The number of aromatic nitrogens is 1. The Morgan fingerprint density at radius 1 is 1.35 bits per heavy atom. The van der Waals surface area contributed by atoms with Gasteiger partial charge >= 0.3 is 0 Å². The molecule has 1 fully saturated rings. The van der Waals surface area contributed by atoms with Gasteiger partial charge in [0.05, 0.1) is 11.6 Å². The van der Waals surface area contributed by atoms with E-state index in [9.17, 15) is 5.11 Å². The first-order valence-electron chi connectivity index (χ1n) is 7.19. The summed E-state index contributed by atoms with van der Waals surface area (Å²) in [5, 5.41) is 15.7. The lowest BCUT2D eigenvalue weighted by molar-refractivity contribution is 0.146. The molecule has 20 heavy (non-hydrogen) atoms. The molecular weight excluding hydrogens is 272 g/mol. The van der Waals surface area contributed by atoms with Crippen LogP contribution in [0, 0.1) is 0 Å². The second-order valence-electron chi connectivity index (χ2n) is 5.46. The summed E-state index contributed by atoms with van der Waals surface area (Å²) in [7, 11) is 0. The predicted octanol–water partition coefficient (Wildman–Crippen LogP) is 3.45. The van der Waals surface area contributed by atoms with E-state index in [1.165, 1.54) is 12.8 Å². The maximum Gasteiger partial charge on any atom is 0.0812 e. The van der Waals surface area contributed by atoms with Gasteiger partial charge in [-0.25, -0.2) is 0 Å². The van der Waals surface area contributed by atoms with Crippen molar-refractivity contribution in [3.63, 3.8) is 0 Å². The first kappa shape index (κ1) is 13.8. The monoisotopic (exact) mass is 290 g/mol. The standard InChI is InChI=1S/C16H19ClN2O/c17-11-4-5-13-14(6-8-19-15(13)9-11)16(20)10-12-3-1-2-7-18-12/h4-6,8-9,12,16,18,20H,1-3,7,10H2. The van der Waals surface area contributed by atoms with Crippen LogP contribution >= 0.6 is 11.6 Å². The van der Waals surface area contributed by atoms with Gasteiger partial charge in [0.1, 0.15) is 0 Å². The molecule has 1 saturated heterocycles. The van der Waals surface area contributed by atoms with Crippen LogP contribution in [-0.4, -0.2) is 22.7 Å². The first-order chi connectivity index (χ1) is 9.74. The van der Waals surface area contributed by atoms with E-state index >= 15 is 0 Å². The van der Waals surface area contributed by atoms with E-state index < -0.39 is 6.10 Å². The summed E-state index contributed by atoms with van der Waals surface area (Å²) in [4.78, 5) is 4.32. The second kappa shape index (κ2) is 6.08. The minimum absolute atomic E-state index is 0.411. The molecule has 3 rings (SSSR count). The number of aliphatic hydroxyl groups is 1. The van der Waals surface area contributed by atoms with Gasteiger partial charge in [0.15, 0.2) is 0 Å². The zero-order chi connectivity index (χ0) is 13.9. The first-order valence-corrected chi connectivity index (χ1v) is 7.57. The summed E-state index contributed by atoms with van der Waals surface area (Å²) in [5.74, 6) is 0. The molecule has 106 valence electrons. The molecule has 1 aliphatic heterocycles. The van der Waals surface area contributed by atoms with Gasteiger partial charge in [-0.2, -0.15) is 0 Å². The van der Waals surface area contributed by atoms with Gasteiger partial charge in [-0.15, -0.1) is 0 Å². The van der Waals surface area contributed by atoms with Crippen LogP contribution in [-0.2, 0) is 0 Å². The minimum atomic E-state index is -0.461. The Balaban J connectivity index is 1.85. The van der Waals surface area contributed by atoms with Crippen LogP contribution in [0.4, 0.5) is 0 Å². The van der Waals surface area contributed by atoms with Gasteiger partial charge in [-0.3, -0.25) is 4.98 Å². The lowest BCUT2D eigenvalue weighted by Gasteiger charge is -2.26. The fourth-order valence-corrected chi connectivity index (χ4v) is 3.12. The van der Waals surface area contributed by atoms with Crippen LogP contribution in [0.25, 0.3) is 10.9 Å². The van der Waals surface area contributed by atoms with Crippen molar-refractivity contribution in [1.82, 2.24) is 10.3 Å². The summed E-state index contributed by atoms with van der Waals surface area (Å²) >= 11 is 5.99. The maximum absolute atomic E-state index is 10.5. The Hall–Kier alpha value is -1.16. The average Bonchev–Trinajstić information content (AvgIpc) is 2.47. The van der Waals surface area contributed by atoms with Crippen LogP contribution < -0.4 is 5.32 Å². The van der Waals surface area contributed by atoms with E-state index in [4.69, 9.17) is 11.6 Å². The number of hydrogen-bond acceptors (Lipinski definition) is 3. The number of halogens is 1. The Kier molecular flexibility index (Phi) is 4.20. The summed E-state index contributed by atoms with van der Waals surface area (Å²) < 4.78 is 0. The highest BCUT2D eigenvalue weighted by Crippen LogP contribution is 2.28. The number of benzene rings is 1. The van der Waals surface area contributed by atoms with E-state index in [1.54, 1.807) is 6.20 Å². The number of nitrogens with one attached hydrogen (secondary N) is 1. The molecule has 2 atom stereocenters. The summed E-state index contributed by atoms with van der Waals surface area (Å²) in [6.07, 6.45) is 5.66. The Morgan fingerprint density at radius 3 is 3.05 bits per heavy atom. The normalized spacial score (nSPS) is 21.0. The van der Waals surface area contributed by atoms with E-state index in [0.29, 0.717) is 11.1 Å². The SMILES string of the molecule is OC(CC1CCCCN1)c1ccnc2cc(Cl)ccc12. The molecule has 3 nitrogen and oxygen atoms in total. The van der Waals surface area contributed by atoms with Crippen LogP contribution in [0.3, 0.4) is 0 Å². The van der Waals surface area contributed by atoms with Crippen LogP contribution in [0.2, 0.25) is 5.02 Å². The number of piperidine rings is 1. The highest BCUT2D eigenvalue weighted by atomic mass is 35.5. The van der Waals surface area contributed by atoms with Crippen molar-refractivity contribution < 1.29 is 5.11 Å². The fraction of sp³-hybridized carbons (Fsp3) is 0.438. The molecule has 2 heterocycles. The fourth-order valence-electron chi connectivity index (χ4n) is 2.96. The average molecular weight is 291 g/mol. The van der Waals surface area contributed by atoms with E-state index in [1.807, 2.05) is 24.3 Å². The van der Waals surface area contributed by atoms with Crippen LogP contribution in [0.5, 0.6) is 0 Å². The zero-order valence-electron chi connectivity index (χ0n) is 11.3. The molecule has 0 aliphatic carbocycles. The van der Waals surface area contributed by atoms with Crippen molar-refractivity contribution in [2.24, 2.45) is 0 Å². The van der Waals surface area contributed by atoms with E-state index in [2.05, 4.69) is 10.3 Å². The summed E-state index contributed by atoms with van der Waals surface area (Å²) in [6, 6.07) is 7.95. The van der Waals surface area contributed by atoms with Gasteiger partial charge < -0.3 is 10.4 Å². The third kappa shape index (κ3) is 2.95. The Labute approximate surface area is 124 Å². The van der Waals surface area contributed by atoms with Crippen LogP contribution in [0.15, 0.2) is 30.5 Å². The molecular formula is C16H19ClN2O. The number of aliphatic hydroxyl groups excluding tert-OH is 1. The Bertz CT molecular complexity index is 596. The maximum atomic E-state index is 10.5. The second-order valence-corrected chi connectivity index (χ2v) is 5.90. The molecule has 4 heteroatoms. The molecule has 0 radical (unpaired) electrons. The van der Waals surface area contributed by atoms with Gasteiger partial charge in [0, 0.05) is 22.6 Å². The molecule has 0 amide bonds. The molecule has 2 unspecified atom stereocenters. The van der Waals surface area contributed by atoms with E-state index in [-0.39, 0.29) is 0 Å². The van der Waals surface area contributed by atoms with Gasteiger partial charge in [0.25, 0.3) is 0 Å². The highest BCUT2D eigenvalue weighted by molar-refractivity contribution is 6.31. The van der Waals surface area contributed by atoms with Crippen molar-refractivity contribution >= 4 is 22.5 Å². The number of nitrogens with zero attached hydrogens (tertiary/aromatic N) is 1. The molecule has 0 spiro atoms. The van der Waals surface area contributed by atoms with Crippen molar-refractivity contribution in [3.05, 3.63) is 41.0 Å². The van der Waals surface area contributed by atoms with Crippen molar-refractivity contribution in [3.8, 4) is 0 Å².